The molecule has 0 aromatic heterocycles. The smallest absolute Gasteiger partial charge is 0.268 e. The van der Waals surface area contributed by atoms with E-state index < -0.39 is 22.0 Å². The van der Waals surface area contributed by atoms with Crippen LogP contribution in [0.3, 0.4) is 0 Å². The van der Waals surface area contributed by atoms with Crippen LogP contribution in [-0.2, 0) is 14.6 Å². The molecule has 0 radical (unpaired) electrons. The fourth-order valence-corrected chi connectivity index (χ4v) is 4.30. The summed E-state index contributed by atoms with van der Waals surface area (Å²) in [5.41, 5.74) is 2.81. The third kappa shape index (κ3) is 4.39. The summed E-state index contributed by atoms with van der Waals surface area (Å²) in [5, 5.41) is 1.18. The monoisotopic (exact) mass is 385 g/mol. The van der Waals surface area contributed by atoms with Gasteiger partial charge in [0.05, 0.1) is 11.8 Å². The number of sulfone groups is 1. The van der Waals surface area contributed by atoms with Crippen LogP contribution in [0.1, 0.15) is 18.1 Å². The van der Waals surface area contributed by atoms with Crippen molar-refractivity contribution in [1.29, 1.82) is 0 Å². The van der Waals surface area contributed by atoms with Crippen molar-refractivity contribution in [3.05, 3.63) is 71.1 Å². The van der Waals surface area contributed by atoms with Gasteiger partial charge in [-0.3, -0.25) is 4.79 Å². The minimum Gasteiger partial charge on any atom is -0.481 e. The van der Waals surface area contributed by atoms with Gasteiger partial charge in [0.15, 0.2) is 15.9 Å². The fraction of sp³-hybridized carbons (Fsp3) is 0.286. The Kier molecular flexibility index (Phi) is 5.37. The van der Waals surface area contributed by atoms with E-state index in [1.807, 2.05) is 50.2 Å². The highest BCUT2D eigenvalue weighted by atomic mass is 32.2. The minimum atomic E-state index is -3.30. The molecule has 0 bridgehead atoms. The van der Waals surface area contributed by atoms with Crippen molar-refractivity contribution >= 4 is 21.4 Å². The molecular formula is C21H23NO4S. The van der Waals surface area contributed by atoms with E-state index in [1.165, 1.54) is 10.3 Å². The van der Waals surface area contributed by atoms with Crippen molar-refractivity contribution in [1.82, 2.24) is 0 Å². The molecule has 1 heterocycles. The zero-order chi connectivity index (χ0) is 19.6. The molecule has 1 aliphatic heterocycles. The van der Waals surface area contributed by atoms with Crippen molar-refractivity contribution in [3.8, 4) is 5.75 Å². The molecule has 1 amide bonds. The van der Waals surface area contributed by atoms with Crippen molar-refractivity contribution in [2.75, 3.05) is 10.7 Å². The van der Waals surface area contributed by atoms with Gasteiger partial charge in [-0.25, -0.2) is 8.42 Å². The second-order valence-electron chi connectivity index (χ2n) is 6.78. The van der Waals surface area contributed by atoms with Crippen molar-refractivity contribution in [2.24, 2.45) is 0 Å². The normalized spacial score (nSPS) is 18.9. The molecule has 2 unspecified atom stereocenters. The van der Waals surface area contributed by atoms with Crippen molar-refractivity contribution < 1.29 is 17.9 Å². The second kappa shape index (κ2) is 7.56. The summed E-state index contributed by atoms with van der Waals surface area (Å²) in [5.74, 6) is 0.186. The van der Waals surface area contributed by atoms with E-state index in [2.05, 4.69) is 0 Å². The van der Waals surface area contributed by atoms with Gasteiger partial charge in [-0.2, -0.15) is 0 Å². The molecule has 2 aromatic rings. The summed E-state index contributed by atoms with van der Waals surface area (Å²) < 4.78 is 29.6. The molecule has 6 heteroatoms. The van der Waals surface area contributed by atoms with Crippen LogP contribution < -0.4 is 9.64 Å². The van der Waals surface area contributed by atoms with E-state index in [0.29, 0.717) is 11.4 Å². The number of benzene rings is 2. The quantitative estimate of drug-likeness (QED) is 0.791. The average molecular weight is 385 g/mol. The molecule has 0 fully saturated rings. The molecule has 3 rings (SSSR count). The Labute approximate surface area is 160 Å². The van der Waals surface area contributed by atoms with Crippen molar-refractivity contribution in [3.63, 3.8) is 0 Å². The minimum absolute atomic E-state index is 0.121. The first kappa shape index (κ1) is 19.2. The van der Waals surface area contributed by atoms with Gasteiger partial charge in [0.25, 0.3) is 5.91 Å². The zero-order valence-electron chi connectivity index (χ0n) is 15.6. The van der Waals surface area contributed by atoms with Gasteiger partial charge in [-0.15, -0.1) is 0 Å². The van der Waals surface area contributed by atoms with Gasteiger partial charge in [0.2, 0.25) is 0 Å². The first-order valence-corrected chi connectivity index (χ1v) is 10.5. The van der Waals surface area contributed by atoms with Gasteiger partial charge < -0.3 is 9.64 Å². The maximum absolute atomic E-state index is 13.2. The molecule has 0 saturated heterocycles. The number of hydrogen-bond donors (Lipinski definition) is 0. The lowest BCUT2D eigenvalue weighted by Gasteiger charge is -2.30. The Morgan fingerprint density at radius 3 is 2.41 bits per heavy atom. The van der Waals surface area contributed by atoms with Gasteiger partial charge in [-0.05, 0) is 62.2 Å². The highest BCUT2D eigenvalue weighted by molar-refractivity contribution is 7.94. The van der Waals surface area contributed by atoms with E-state index in [0.717, 1.165) is 11.1 Å². The van der Waals surface area contributed by atoms with Crippen LogP contribution >= 0.6 is 0 Å². The van der Waals surface area contributed by atoms with E-state index >= 15 is 0 Å². The highest BCUT2D eigenvalue weighted by Gasteiger charge is 2.34. The summed E-state index contributed by atoms with van der Waals surface area (Å²) in [7, 11) is -3.30. The maximum Gasteiger partial charge on any atom is 0.268 e. The maximum atomic E-state index is 13.2. The molecule has 2 aromatic carbocycles. The molecule has 5 nitrogen and oxygen atoms in total. The van der Waals surface area contributed by atoms with E-state index in [1.54, 1.807) is 25.1 Å². The van der Waals surface area contributed by atoms with E-state index in [9.17, 15) is 13.2 Å². The molecule has 0 aliphatic carbocycles. The van der Waals surface area contributed by atoms with Crippen LogP contribution in [0.4, 0.5) is 5.69 Å². The van der Waals surface area contributed by atoms with Crippen LogP contribution in [0.5, 0.6) is 5.75 Å². The van der Waals surface area contributed by atoms with Gasteiger partial charge in [0, 0.05) is 11.1 Å². The molecule has 27 heavy (non-hydrogen) atoms. The standard InChI is InChI=1S/C21H23NO4S/c1-15-9-10-18(13-16(15)2)22(19-11-12-27(24,25)14-19)21(23)17(3)26-20-7-5-4-6-8-20/h4-13,17,19H,14H2,1-3H3. The molecule has 142 valence electrons. The summed E-state index contributed by atoms with van der Waals surface area (Å²) in [6.07, 6.45) is 0.809. The third-order valence-corrected chi connectivity index (χ3v) is 6.03. The third-order valence-electron chi connectivity index (χ3n) is 4.65. The van der Waals surface area contributed by atoms with Crippen molar-refractivity contribution in [2.45, 2.75) is 32.9 Å². The van der Waals surface area contributed by atoms with Crippen LogP contribution in [0.15, 0.2) is 60.0 Å². The number of carbonyl (C=O) groups is 1. The summed E-state index contributed by atoms with van der Waals surface area (Å²) in [6.45, 7) is 5.63. The average Bonchev–Trinajstić information content (AvgIpc) is 2.98. The number of hydrogen-bond acceptors (Lipinski definition) is 4. The largest absolute Gasteiger partial charge is 0.481 e. The van der Waals surface area contributed by atoms with Gasteiger partial charge in [0.1, 0.15) is 5.75 Å². The predicted octanol–water partition coefficient (Wildman–Crippen LogP) is 3.41. The Bertz CT molecular complexity index is 967. The van der Waals surface area contributed by atoms with Crippen LogP contribution in [-0.4, -0.2) is 32.2 Å². The lowest BCUT2D eigenvalue weighted by Crippen LogP contribution is -2.47. The molecule has 0 saturated carbocycles. The van der Waals surface area contributed by atoms with Crippen LogP contribution in [0, 0.1) is 13.8 Å². The van der Waals surface area contributed by atoms with Gasteiger partial charge >= 0.3 is 0 Å². The molecule has 2 atom stereocenters. The summed E-state index contributed by atoms with van der Waals surface area (Å²) in [6, 6.07) is 14.2. The zero-order valence-corrected chi connectivity index (χ0v) is 16.4. The molecule has 0 spiro atoms. The Morgan fingerprint density at radius 2 is 1.81 bits per heavy atom. The number of aryl methyl sites for hydroxylation is 2. The molecule has 0 N–H and O–H groups in total. The number of para-hydroxylation sites is 1. The molecular weight excluding hydrogens is 362 g/mol. The van der Waals surface area contributed by atoms with Crippen LogP contribution in [0.2, 0.25) is 0 Å². The summed E-state index contributed by atoms with van der Waals surface area (Å²) >= 11 is 0. The Morgan fingerprint density at radius 1 is 1.11 bits per heavy atom. The predicted molar refractivity (Wildman–Crippen MR) is 107 cm³/mol. The van der Waals surface area contributed by atoms with E-state index in [4.69, 9.17) is 4.74 Å². The van der Waals surface area contributed by atoms with E-state index in [-0.39, 0.29) is 11.7 Å². The molecule has 1 aliphatic rings. The topological polar surface area (TPSA) is 63.7 Å². The number of amides is 1. The lowest BCUT2D eigenvalue weighted by atomic mass is 10.1. The first-order valence-electron chi connectivity index (χ1n) is 8.80. The fourth-order valence-electron chi connectivity index (χ4n) is 3.03. The number of carbonyl (C=O) groups excluding carboxylic acids is 1. The Hall–Kier alpha value is -2.60. The summed E-state index contributed by atoms with van der Waals surface area (Å²) in [4.78, 5) is 14.7. The highest BCUT2D eigenvalue weighted by Crippen LogP contribution is 2.26. The van der Waals surface area contributed by atoms with Crippen LogP contribution in [0.25, 0.3) is 0 Å². The number of ether oxygens (including phenoxy) is 1. The lowest BCUT2D eigenvalue weighted by molar-refractivity contribution is -0.124. The second-order valence-corrected chi connectivity index (χ2v) is 8.71. The first-order chi connectivity index (χ1) is 12.8. The number of rotatable bonds is 5. The Balaban J connectivity index is 1.92. The number of anilines is 1. The SMILES string of the molecule is Cc1ccc(N(C(=O)C(C)Oc2ccccc2)C2C=CS(=O)(=O)C2)cc1C. The number of nitrogens with zero attached hydrogens (tertiary/aromatic N) is 1. The van der Waals surface area contributed by atoms with Gasteiger partial charge in [-0.1, -0.05) is 24.3 Å².